The third-order valence-electron chi connectivity index (χ3n) is 3.54. The second kappa shape index (κ2) is 5.12. The molecule has 1 aliphatic heterocycles. The zero-order valence-corrected chi connectivity index (χ0v) is 13.0. The normalized spacial score (nSPS) is 24.8. The molecule has 106 valence electrons. The molecule has 0 aromatic heterocycles. The summed E-state index contributed by atoms with van der Waals surface area (Å²) in [4.78, 5) is 0.0991. The lowest BCUT2D eigenvalue weighted by atomic mass is 9.90. The lowest BCUT2D eigenvalue weighted by Crippen LogP contribution is -2.34. The van der Waals surface area contributed by atoms with Gasteiger partial charge in [-0.2, -0.15) is 4.31 Å². The van der Waals surface area contributed by atoms with Crippen molar-refractivity contribution in [3.63, 3.8) is 0 Å². The number of nitrogens with zero attached hydrogens (tertiary/aromatic N) is 1. The molecule has 1 aromatic rings. The van der Waals surface area contributed by atoms with Crippen LogP contribution in [0.1, 0.15) is 13.3 Å². The van der Waals surface area contributed by atoms with Crippen molar-refractivity contribution in [3.8, 4) is 0 Å². The van der Waals surface area contributed by atoms with E-state index < -0.39 is 15.8 Å². The van der Waals surface area contributed by atoms with Crippen LogP contribution in [0.3, 0.4) is 0 Å². The van der Waals surface area contributed by atoms with E-state index in [2.05, 4.69) is 15.9 Å². The maximum absolute atomic E-state index is 13.2. The molecule has 1 fully saturated rings. The standard InChI is InChI=1S/C12H16BrFN2O2S/c1-12(7-15)4-5-16(8-12)19(17,18)9-2-3-11(14)10(13)6-9/h2-3,6H,4-5,7-8,15H2,1H3. The first-order valence-corrected chi connectivity index (χ1v) is 8.17. The molecule has 1 unspecified atom stereocenters. The Bertz CT molecular complexity index is 593. The van der Waals surface area contributed by atoms with Crippen LogP contribution in [0.2, 0.25) is 0 Å². The summed E-state index contributed by atoms with van der Waals surface area (Å²) in [7, 11) is -3.58. The number of halogens is 2. The Morgan fingerprint density at radius 3 is 2.74 bits per heavy atom. The van der Waals surface area contributed by atoms with E-state index in [1.54, 1.807) is 0 Å². The van der Waals surface area contributed by atoms with E-state index in [-0.39, 0.29) is 14.8 Å². The van der Waals surface area contributed by atoms with E-state index in [0.29, 0.717) is 19.6 Å². The number of sulfonamides is 1. The van der Waals surface area contributed by atoms with E-state index in [4.69, 9.17) is 5.73 Å². The number of benzene rings is 1. The Balaban J connectivity index is 2.31. The van der Waals surface area contributed by atoms with E-state index >= 15 is 0 Å². The predicted molar refractivity (Wildman–Crippen MR) is 74.6 cm³/mol. The van der Waals surface area contributed by atoms with Crippen molar-refractivity contribution < 1.29 is 12.8 Å². The maximum Gasteiger partial charge on any atom is 0.243 e. The van der Waals surface area contributed by atoms with Crippen LogP contribution in [0, 0.1) is 11.2 Å². The molecule has 2 N–H and O–H groups in total. The Hall–Kier alpha value is -0.500. The van der Waals surface area contributed by atoms with Crippen molar-refractivity contribution >= 4 is 26.0 Å². The summed E-state index contributed by atoms with van der Waals surface area (Å²) < 4.78 is 39.6. The van der Waals surface area contributed by atoms with Crippen LogP contribution in [-0.2, 0) is 10.0 Å². The van der Waals surface area contributed by atoms with Crippen molar-refractivity contribution in [1.29, 1.82) is 0 Å². The van der Waals surface area contributed by atoms with Crippen molar-refractivity contribution in [2.45, 2.75) is 18.2 Å². The van der Waals surface area contributed by atoms with Crippen LogP contribution >= 0.6 is 15.9 Å². The van der Waals surface area contributed by atoms with Gasteiger partial charge in [0.05, 0.1) is 9.37 Å². The number of hydrogen-bond acceptors (Lipinski definition) is 3. The Morgan fingerprint density at radius 2 is 2.21 bits per heavy atom. The van der Waals surface area contributed by atoms with Gasteiger partial charge in [0, 0.05) is 13.1 Å². The fourth-order valence-electron chi connectivity index (χ4n) is 2.14. The third kappa shape index (κ3) is 2.84. The minimum absolute atomic E-state index is 0.0991. The van der Waals surface area contributed by atoms with Crippen LogP contribution in [0.15, 0.2) is 27.6 Å². The summed E-state index contributed by atoms with van der Waals surface area (Å²) in [5.74, 6) is -0.479. The van der Waals surface area contributed by atoms with Gasteiger partial charge in [0.25, 0.3) is 0 Å². The van der Waals surface area contributed by atoms with Gasteiger partial charge in [-0.05, 0) is 52.5 Å². The highest BCUT2D eigenvalue weighted by Gasteiger charge is 2.39. The maximum atomic E-state index is 13.2. The fraction of sp³-hybridized carbons (Fsp3) is 0.500. The average Bonchev–Trinajstić information content (AvgIpc) is 2.77. The lowest BCUT2D eigenvalue weighted by molar-refractivity contribution is 0.349. The van der Waals surface area contributed by atoms with E-state index in [9.17, 15) is 12.8 Å². The first-order valence-electron chi connectivity index (χ1n) is 5.94. The molecule has 0 bridgehead atoms. The van der Waals surface area contributed by atoms with Crippen LogP contribution in [0.5, 0.6) is 0 Å². The molecule has 1 heterocycles. The molecule has 7 heteroatoms. The van der Waals surface area contributed by atoms with Crippen LogP contribution < -0.4 is 5.73 Å². The average molecular weight is 351 g/mol. The second-order valence-corrected chi connectivity index (χ2v) is 7.97. The molecule has 0 amide bonds. The Kier molecular flexibility index (Phi) is 4.02. The largest absolute Gasteiger partial charge is 0.330 e. The van der Waals surface area contributed by atoms with Crippen LogP contribution in [0.25, 0.3) is 0 Å². The van der Waals surface area contributed by atoms with Crippen molar-refractivity contribution in [2.75, 3.05) is 19.6 Å². The summed E-state index contributed by atoms with van der Waals surface area (Å²) in [5, 5.41) is 0. The predicted octanol–water partition coefficient (Wildman–Crippen LogP) is 1.95. The summed E-state index contributed by atoms with van der Waals surface area (Å²) in [5.41, 5.74) is 5.50. The minimum atomic E-state index is -3.58. The quantitative estimate of drug-likeness (QED) is 0.905. The topological polar surface area (TPSA) is 63.4 Å². The molecule has 0 saturated carbocycles. The number of hydrogen-bond donors (Lipinski definition) is 1. The first-order chi connectivity index (χ1) is 8.78. The second-order valence-electron chi connectivity index (χ2n) is 5.18. The molecule has 1 aromatic carbocycles. The summed E-state index contributed by atoms with van der Waals surface area (Å²) in [6, 6.07) is 3.73. The van der Waals surface area contributed by atoms with Crippen LogP contribution in [0.4, 0.5) is 4.39 Å². The molecular formula is C12H16BrFN2O2S. The van der Waals surface area contributed by atoms with E-state index in [1.165, 1.54) is 16.4 Å². The molecular weight excluding hydrogens is 335 g/mol. The smallest absolute Gasteiger partial charge is 0.243 e. The van der Waals surface area contributed by atoms with Crippen LogP contribution in [-0.4, -0.2) is 32.4 Å². The van der Waals surface area contributed by atoms with Gasteiger partial charge in [-0.1, -0.05) is 6.92 Å². The Labute approximate surface area is 121 Å². The minimum Gasteiger partial charge on any atom is -0.330 e. The zero-order valence-electron chi connectivity index (χ0n) is 10.6. The van der Waals surface area contributed by atoms with E-state index in [0.717, 1.165) is 12.5 Å². The first kappa shape index (κ1) is 14.9. The monoisotopic (exact) mass is 350 g/mol. The van der Waals surface area contributed by atoms with Crippen molar-refractivity contribution in [1.82, 2.24) is 4.31 Å². The molecule has 0 radical (unpaired) electrons. The summed E-state index contributed by atoms with van der Waals surface area (Å²) in [6.45, 7) is 3.28. The molecule has 1 saturated heterocycles. The van der Waals surface area contributed by atoms with Crippen molar-refractivity contribution in [3.05, 3.63) is 28.5 Å². The molecule has 0 spiro atoms. The third-order valence-corrected chi connectivity index (χ3v) is 5.99. The van der Waals surface area contributed by atoms with Gasteiger partial charge in [-0.15, -0.1) is 0 Å². The fourth-order valence-corrected chi connectivity index (χ4v) is 4.29. The summed E-state index contributed by atoms with van der Waals surface area (Å²) in [6.07, 6.45) is 0.741. The molecule has 4 nitrogen and oxygen atoms in total. The van der Waals surface area contributed by atoms with Gasteiger partial charge in [0.2, 0.25) is 10.0 Å². The number of nitrogens with two attached hydrogens (primary N) is 1. The summed E-state index contributed by atoms with van der Waals surface area (Å²) >= 11 is 3.01. The highest BCUT2D eigenvalue weighted by atomic mass is 79.9. The van der Waals surface area contributed by atoms with Gasteiger partial charge < -0.3 is 5.73 Å². The van der Waals surface area contributed by atoms with Gasteiger partial charge in [0.1, 0.15) is 5.82 Å². The molecule has 1 atom stereocenters. The zero-order chi connectivity index (χ0) is 14.3. The van der Waals surface area contributed by atoms with Crippen molar-refractivity contribution in [2.24, 2.45) is 11.1 Å². The molecule has 19 heavy (non-hydrogen) atoms. The lowest BCUT2D eigenvalue weighted by Gasteiger charge is -2.22. The SMILES string of the molecule is CC1(CN)CCN(S(=O)(=O)c2ccc(F)c(Br)c2)C1. The molecule has 2 rings (SSSR count). The highest BCUT2D eigenvalue weighted by molar-refractivity contribution is 9.10. The highest BCUT2D eigenvalue weighted by Crippen LogP contribution is 2.33. The molecule has 1 aliphatic rings. The van der Waals surface area contributed by atoms with E-state index in [1.807, 2.05) is 6.92 Å². The Morgan fingerprint density at radius 1 is 1.53 bits per heavy atom. The van der Waals surface area contributed by atoms with Gasteiger partial charge in [0.15, 0.2) is 0 Å². The van der Waals surface area contributed by atoms with Gasteiger partial charge >= 0.3 is 0 Å². The number of rotatable bonds is 3. The van der Waals surface area contributed by atoms with Gasteiger partial charge in [-0.3, -0.25) is 0 Å². The molecule has 0 aliphatic carbocycles. The van der Waals surface area contributed by atoms with Gasteiger partial charge in [-0.25, -0.2) is 12.8 Å².